The Hall–Kier alpha value is -2.96. The normalized spacial score (nSPS) is 10.7. The van der Waals surface area contributed by atoms with E-state index in [4.69, 9.17) is 11.5 Å². The summed E-state index contributed by atoms with van der Waals surface area (Å²) in [6, 6.07) is 9.60. The third-order valence-electron chi connectivity index (χ3n) is 2.86. The molecule has 0 aliphatic rings. The van der Waals surface area contributed by atoms with Gasteiger partial charge in [0.25, 0.3) is 0 Å². The highest BCUT2D eigenvalue weighted by atomic mass is 15.1. The van der Waals surface area contributed by atoms with Gasteiger partial charge in [0.2, 0.25) is 5.95 Å². The van der Waals surface area contributed by atoms with Gasteiger partial charge < -0.3 is 16.8 Å². The van der Waals surface area contributed by atoms with Crippen molar-refractivity contribution in [2.75, 3.05) is 23.8 Å². The van der Waals surface area contributed by atoms with Crippen LogP contribution in [-0.4, -0.2) is 27.0 Å². The summed E-state index contributed by atoms with van der Waals surface area (Å²) < 4.78 is 0. The number of nitrogens with one attached hydrogen (secondary N) is 1. The van der Waals surface area contributed by atoms with Crippen LogP contribution in [0.2, 0.25) is 0 Å². The highest BCUT2D eigenvalue weighted by molar-refractivity contribution is 5.87. The van der Waals surface area contributed by atoms with E-state index in [2.05, 4.69) is 25.3 Å². The fourth-order valence-electron chi connectivity index (χ4n) is 1.96. The third-order valence-corrected chi connectivity index (χ3v) is 2.86. The van der Waals surface area contributed by atoms with Crippen molar-refractivity contribution in [3.05, 3.63) is 30.3 Å². The number of anilines is 3. The van der Waals surface area contributed by atoms with E-state index in [9.17, 15) is 0 Å². The molecule has 0 aliphatic carbocycles. The van der Waals surface area contributed by atoms with Crippen molar-refractivity contribution >= 4 is 28.7 Å². The van der Waals surface area contributed by atoms with Crippen molar-refractivity contribution in [2.24, 2.45) is 0 Å². The van der Waals surface area contributed by atoms with Crippen LogP contribution in [0.25, 0.3) is 22.4 Å². The lowest BCUT2D eigenvalue weighted by Crippen LogP contribution is -2.06. The van der Waals surface area contributed by atoms with Crippen molar-refractivity contribution < 1.29 is 0 Å². The summed E-state index contributed by atoms with van der Waals surface area (Å²) in [5, 5.41) is 2.93. The number of rotatable bonds is 2. The lowest BCUT2D eigenvalue weighted by atomic mass is 10.1. The van der Waals surface area contributed by atoms with Gasteiger partial charge >= 0.3 is 0 Å². The van der Waals surface area contributed by atoms with Gasteiger partial charge in [0, 0.05) is 12.6 Å². The number of hydrogen-bond acceptors (Lipinski definition) is 7. The van der Waals surface area contributed by atoms with Crippen molar-refractivity contribution in [3.63, 3.8) is 0 Å². The number of fused-ring (bicyclic) bond motifs is 1. The summed E-state index contributed by atoms with van der Waals surface area (Å²) in [4.78, 5) is 16.9. The van der Waals surface area contributed by atoms with Crippen molar-refractivity contribution in [1.82, 2.24) is 19.9 Å². The fourth-order valence-corrected chi connectivity index (χ4v) is 1.96. The molecule has 0 radical (unpaired) electrons. The molecule has 0 saturated heterocycles. The molecule has 0 spiro atoms. The first-order chi connectivity index (χ1) is 9.69. The number of hydrogen-bond donors (Lipinski definition) is 3. The second-order valence-electron chi connectivity index (χ2n) is 4.18. The van der Waals surface area contributed by atoms with E-state index in [-0.39, 0.29) is 5.95 Å². The zero-order valence-corrected chi connectivity index (χ0v) is 10.8. The molecule has 0 aliphatic heterocycles. The Morgan fingerprint density at radius 2 is 1.70 bits per heavy atom. The molecule has 0 saturated carbocycles. The van der Waals surface area contributed by atoms with Crippen molar-refractivity contribution in [2.45, 2.75) is 0 Å². The summed E-state index contributed by atoms with van der Waals surface area (Å²) in [5.74, 6) is 0.962. The van der Waals surface area contributed by atoms with E-state index >= 15 is 0 Å². The van der Waals surface area contributed by atoms with E-state index in [1.165, 1.54) is 0 Å². The summed E-state index contributed by atoms with van der Waals surface area (Å²) in [6.07, 6.45) is 0. The van der Waals surface area contributed by atoms with Crippen LogP contribution in [-0.2, 0) is 0 Å². The van der Waals surface area contributed by atoms with E-state index < -0.39 is 0 Å². The number of aromatic nitrogens is 4. The molecular weight excluding hydrogens is 254 g/mol. The average Bonchev–Trinajstić information content (AvgIpc) is 2.46. The quantitative estimate of drug-likeness (QED) is 0.640. The molecule has 0 unspecified atom stereocenters. The molecule has 100 valence electrons. The number of nitrogen functional groups attached to an aromatic ring is 2. The minimum atomic E-state index is 0.128. The molecule has 0 amide bonds. The van der Waals surface area contributed by atoms with Gasteiger partial charge in [-0.2, -0.15) is 9.97 Å². The van der Waals surface area contributed by atoms with E-state index in [0.29, 0.717) is 28.5 Å². The predicted octanol–water partition coefficient (Wildman–Crippen LogP) is 1.29. The van der Waals surface area contributed by atoms with Gasteiger partial charge in [-0.1, -0.05) is 30.3 Å². The molecule has 0 bridgehead atoms. The van der Waals surface area contributed by atoms with Crippen LogP contribution in [0, 0.1) is 0 Å². The molecule has 7 nitrogen and oxygen atoms in total. The van der Waals surface area contributed by atoms with Crippen LogP contribution in [0.5, 0.6) is 0 Å². The maximum atomic E-state index is 5.97. The van der Waals surface area contributed by atoms with Crippen molar-refractivity contribution in [3.8, 4) is 11.3 Å². The van der Waals surface area contributed by atoms with E-state index in [1.807, 2.05) is 30.3 Å². The SMILES string of the molecule is CNc1nc(N)nc2nc(N)c(-c3ccccc3)nc12. The monoisotopic (exact) mass is 267 g/mol. The van der Waals surface area contributed by atoms with Gasteiger partial charge in [0.05, 0.1) is 0 Å². The van der Waals surface area contributed by atoms with Crippen LogP contribution in [0.4, 0.5) is 17.6 Å². The lowest BCUT2D eigenvalue weighted by molar-refractivity contribution is 1.16. The summed E-state index contributed by atoms with van der Waals surface area (Å²) in [7, 11) is 1.74. The summed E-state index contributed by atoms with van der Waals surface area (Å²) >= 11 is 0. The van der Waals surface area contributed by atoms with Crippen LogP contribution in [0.15, 0.2) is 30.3 Å². The second-order valence-corrected chi connectivity index (χ2v) is 4.18. The largest absolute Gasteiger partial charge is 0.382 e. The second kappa shape index (κ2) is 4.61. The number of nitrogens with zero attached hydrogens (tertiary/aromatic N) is 4. The first kappa shape index (κ1) is 12.1. The Morgan fingerprint density at radius 3 is 2.40 bits per heavy atom. The van der Waals surface area contributed by atoms with Gasteiger partial charge in [-0.25, -0.2) is 9.97 Å². The Bertz CT molecular complexity index is 771. The molecule has 3 aromatic rings. The Kier molecular flexibility index (Phi) is 2.79. The van der Waals surface area contributed by atoms with Crippen LogP contribution in [0.3, 0.4) is 0 Å². The molecule has 0 atom stereocenters. The minimum Gasteiger partial charge on any atom is -0.382 e. The fraction of sp³-hybridized carbons (Fsp3) is 0.0769. The summed E-state index contributed by atoms with van der Waals surface area (Å²) in [5.41, 5.74) is 14.0. The minimum absolute atomic E-state index is 0.128. The van der Waals surface area contributed by atoms with E-state index in [1.54, 1.807) is 7.05 Å². The van der Waals surface area contributed by atoms with Crippen LogP contribution >= 0.6 is 0 Å². The average molecular weight is 267 g/mol. The lowest BCUT2D eigenvalue weighted by Gasteiger charge is -2.09. The van der Waals surface area contributed by atoms with Crippen LogP contribution in [0.1, 0.15) is 0 Å². The highest BCUT2D eigenvalue weighted by Crippen LogP contribution is 2.26. The van der Waals surface area contributed by atoms with Gasteiger partial charge in [-0.05, 0) is 0 Å². The standard InChI is InChI=1S/C13H13N7/c1-16-11-9-12(20-13(15)19-11)18-10(14)8(17-9)7-5-3-2-4-6-7/h2-6H,1H3,(H5,14,15,16,18,19,20). The maximum absolute atomic E-state index is 5.97. The van der Waals surface area contributed by atoms with Crippen LogP contribution < -0.4 is 16.8 Å². The molecular formula is C13H13N7. The molecule has 1 aromatic carbocycles. The Labute approximate surface area is 115 Å². The van der Waals surface area contributed by atoms with Gasteiger partial charge in [0.15, 0.2) is 22.8 Å². The highest BCUT2D eigenvalue weighted by Gasteiger charge is 2.13. The Balaban J connectivity index is 2.30. The first-order valence-corrected chi connectivity index (χ1v) is 6.03. The smallest absolute Gasteiger partial charge is 0.224 e. The molecule has 2 heterocycles. The van der Waals surface area contributed by atoms with Crippen molar-refractivity contribution in [1.29, 1.82) is 0 Å². The molecule has 7 heteroatoms. The maximum Gasteiger partial charge on any atom is 0.224 e. The van der Waals surface area contributed by atoms with E-state index in [0.717, 1.165) is 5.56 Å². The topological polar surface area (TPSA) is 116 Å². The molecule has 20 heavy (non-hydrogen) atoms. The van der Waals surface area contributed by atoms with Gasteiger partial charge in [-0.15, -0.1) is 0 Å². The number of nitrogens with two attached hydrogens (primary N) is 2. The molecule has 0 fully saturated rings. The predicted molar refractivity (Wildman–Crippen MR) is 78.9 cm³/mol. The zero-order chi connectivity index (χ0) is 14.1. The molecule has 2 aromatic heterocycles. The molecule has 3 rings (SSSR count). The zero-order valence-electron chi connectivity index (χ0n) is 10.8. The molecule has 5 N–H and O–H groups in total. The summed E-state index contributed by atoms with van der Waals surface area (Å²) in [6.45, 7) is 0. The Morgan fingerprint density at radius 1 is 0.950 bits per heavy atom. The first-order valence-electron chi connectivity index (χ1n) is 6.03. The third kappa shape index (κ3) is 1.95. The van der Waals surface area contributed by atoms with Gasteiger partial charge in [-0.3, -0.25) is 0 Å². The van der Waals surface area contributed by atoms with Gasteiger partial charge in [0.1, 0.15) is 5.69 Å². The number of benzene rings is 1.